The number of halogens is 3. The van der Waals surface area contributed by atoms with Crippen molar-refractivity contribution in [1.29, 1.82) is 0 Å². The van der Waals surface area contributed by atoms with Gasteiger partial charge in [0.05, 0.1) is 10.6 Å². The van der Waals surface area contributed by atoms with Crippen LogP contribution in [0.25, 0.3) is 0 Å². The fourth-order valence-corrected chi connectivity index (χ4v) is 1.87. The molecule has 0 aliphatic rings. The molecule has 0 amide bonds. The van der Waals surface area contributed by atoms with Crippen molar-refractivity contribution in [3.63, 3.8) is 0 Å². The molecule has 0 saturated heterocycles. The molecule has 0 heterocycles. The van der Waals surface area contributed by atoms with Gasteiger partial charge in [-0.3, -0.25) is 4.79 Å². The summed E-state index contributed by atoms with van der Waals surface area (Å²) in [7, 11) is 0. The Morgan fingerprint density at radius 2 is 1.85 bits per heavy atom. The number of ketones is 1. The third kappa shape index (κ3) is 3.14. The highest BCUT2D eigenvalue weighted by molar-refractivity contribution is 6.32. The molecular formula is C15H11ClF2O2. The highest BCUT2D eigenvalue weighted by Gasteiger charge is 2.17. The summed E-state index contributed by atoms with van der Waals surface area (Å²) in [4.78, 5) is 11.8. The number of aryl methyl sites for hydroxylation is 1. The first-order valence-electron chi connectivity index (χ1n) is 5.85. The van der Waals surface area contributed by atoms with E-state index < -0.39 is 29.6 Å². The number of rotatable bonds is 4. The maximum atomic E-state index is 13.4. The first kappa shape index (κ1) is 14.5. The van der Waals surface area contributed by atoms with Crippen molar-refractivity contribution in [2.24, 2.45) is 0 Å². The topological polar surface area (TPSA) is 26.3 Å². The number of Topliss-reactive ketones (excluding diaryl/α,β-unsaturated/α-hetero) is 1. The average molecular weight is 297 g/mol. The van der Waals surface area contributed by atoms with Crippen LogP contribution in [0.1, 0.15) is 15.9 Å². The van der Waals surface area contributed by atoms with Crippen molar-refractivity contribution >= 4 is 17.4 Å². The predicted octanol–water partition coefficient (Wildman–Crippen LogP) is 4.19. The van der Waals surface area contributed by atoms with Crippen molar-refractivity contribution in [2.75, 3.05) is 6.61 Å². The normalized spacial score (nSPS) is 10.4. The molecule has 0 radical (unpaired) electrons. The van der Waals surface area contributed by atoms with Crippen LogP contribution in [-0.2, 0) is 0 Å². The van der Waals surface area contributed by atoms with Crippen LogP contribution in [0.15, 0.2) is 36.4 Å². The lowest BCUT2D eigenvalue weighted by molar-refractivity contribution is 0.0913. The average Bonchev–Trinajstić information content (AvgIpc) is 2.39. The molecule has 5 heteroatoms. The van der Waals surface area contributed by atoms with E-state index in [9.17, 15) is 13.6 Å². The Bertz CT molecular complexity index is 636. The molecule has 0 aromatic heterocycles. The van der Waals surface area contributed by atoms with E-state index in [0.29, 0.717) is 10.8 Å². The van der Waals surface area contributed by atoms with Gasteiger partial charge in [-0.2, -0.15) is 0 Å². The summed E-state index contributed by atoms with van der Waals surface area (Å²) < 4.78 is 32.1. The van der Waals surface area contributed by atoms with E-state index in [4.69, 9.17) is 16.3 Å². The van der Waals surface area contributed by atoms with E-state index in [1.54, 1.807) is 18.2 Å². The number of carbonyl (C=O) groups excluding carboxylic acids is 1. The van der Waals surface area contributed by atoms with Gasteiger partial charge in [-0.05, 0) is 36.8 Å². The monoisotopic (exact) mass is 296 g/mol. The van der Waals surface area contributed by atoms with Crippen LogP contribution in [-0.4, -0.2) is 12.4 Å². The second-order valence-corrected chi connectivity index (χ2v) is 4.65. The first-order valence-corrected chi connectivity index (χ1v) is 6.23. The third-order valence-corrected chi connectivity index (χ3v) is 3.00. The van der Waals surface area contributed by atoms with Gasteiger partial charge in [-0.25, -0.2) is 8.78 Å². The molecule has 2 rings (SSSR count). The summed E-state index contributed by atoms with van der Waals surface area (Å²) in [6.45, 7) is 1.35. The number of hydrogen-bond acceptors (Lipinski definition) is 2. The Labute approximate surface area is 119 Å². The van der Waals surface area contributed by atoms with Crippen molar-refractivity contribution < 1.29 is 18.3 Å². The number of carbonyl (C=O) groups is 1. The quantitative estimate of drug-likeness (QED) is 0.791. The van der Waals surface area contributed by atoms with Gasteiger partial charge < -0.3 is 4.74 Å². The molecule has 0 unspecified atom stereocenters. The maximum Gasteiger partial charge on any atom is 0.206 e. The molecule has 0 bridgehead atoms. The molecule has 0 aliphatic carbocycles. The van der Waals surface area contributed by atoms with E-state index in [2.05, 4.69) is 0 Å². The second kappa shape index (κ2) is 6.01. The number of ether oxygens (including phenoxy) is 1. The maximum absolute atomic E-state index is 13.4. The van der Waals surface area contributed by atoms with Gasteiger partial charge in [0.25, 0.3) is 0 Å². The summed E-state index contributed by atoms with van der Waals surface area (Å²) in [6, 6.07) is 8.30. The lowest BCUT2D eigenvalue weighted by Crippen LogP contribution is -2.15. The molecule has 2 aromatic carbocycles. The van der Waals surface area contributed by atoms with Gasteiger partial charge >= 0.3 is 0 Å². The fourth-order valence-electron chi connectivity index (χ4n) is 1.70. The van der Waals surface area contributed by atoms with Gasteiger partial charge in [-0.1, -0.05) is 23.7 Å². The standard InChI is InChI=1S/C15H11ClF2O2/c1-9-5-6-10(16)14(7-9)20-8-13(19)15-11(17)3-2-4-12(15)18/h2-7H,8H2,1H3. The summed E-state index contributed by atoms with van der Waals surface area (Å²) >= 11 is 5.90. The Morgan fingerprint density at radius 3 is 2.50 bits per heavy atom. The SMILES string of the molecule is Cc1ccc(Cl)c(OCC(=O)c2c(F)cccc2F)c1. The van der Waals surface area contributed by atoms with Crippen molar-refractivity contribution in [2.45, 2.75) is 6.92 Å². The molecule has 0 atom stereocenters. The van der Waals surface area contributed by atoms with Gasteiger partial charge in [0, 0.05) is 0 Å². The summed E-state index contributed by atoms with van der Waals surface area (Å²) in [5, 5.41) is 0.331. The minimum atomic E-state index is -0.908. The molecule has 0 aliphatic heterocycles. The molecule has 0 fully saturated rings. The van der Waals surface area contributed by atoms with E-state index >= 15 is 0 Å². The summed E-state index contributed by atoms with van der Waals surface area (Å²) in [6.07, 6.45) is 0. The Morgan fingerprint density at radius 1 is 1.20 bits per heavy atom. The first-order chi connectivity index (χ1) is 9.49. The van der Waals surface area contributed by atoms with Crippen molar-refractivity contribution in [1.82, 2.24) is 0 Å². The number of benzene rings is 2. The van der Waals surface area contributed by atoms with Crippen LogP contribution in [0.4, 0.5) is 8.78 Å². The zero-order valence-corrected chi connectivity index (χ0v) is 11.4. The van der Waals surface area contributed by atoms with Crippen LogP contribution in [0.3, 0.4) is 0 Å². The van der Waals surface area contributed by atoms with Gasteiger partial charge in [0.2, 0.25) is 5.78 Å². The molecular weight excluding hydrogens is 286 g/mol. The molecule has 0 saturated carbocycles. The lowest BCUT2D eigenvalue weighted by Gasteiger charge is -2.09. The molecule has 2 aromatic rings. The zero-order chi connectivity index (χ0) is 14.7. The molecule has 2 nitrogen and oxygen atoms in total. The van der Waals surface area contributed by atoms with Crippen LogP contribution >= 0.6 is 11.6 Å². The molecule has 104 valence electrons. The van der Waals surface area contributed by atoms with Crippen molar-refractivity contribution in [3.8, 4) is 5.75 Å². The van der Waals surface area contributed by atoms with E-state index in [-0.39, 0.29) is 0 Å². The van der Waals surface area contributed by atoms with Gasteiger partial charge in [0.1, 0.15) is 17.4 Å². The number of hydrogen-bond donors (Lipinski definition) is 0. The van der Waals surface area contributed by atoms with Gasteiger partial charge in [-0.15, -0.1) is 0 Å². The highest BCUT2D eigenvalue weighted by atomic mass is 35.5. The largest absolute Gasteiger partial charge is 0.484 e. The highest BCUT2D eigenvalue weighted by Crippen LogP contribution is 2.25. The Kier molecular flexibility index (Phi) is 4.35. The second-order valence-electron chi connectivity index (χ2n) is 4.24. The minimum absolute atomic E-state index is 0.303. The van der Waals surface area contributed by atoms with E-state index in [0.717, 1.165) is 17.7 Å². The smallest absolute Gasteiger partial charge is 0.206 e. The molecule has 0 N–H and O–H groups in total. The van der Waals surface area contributed by atoms with Crippen LogP contribution in [0, 0.1) is 18.6 Å². The lowest BCUT2D eigenvalue weighted by atomic mass is 10.1. The van der Waals surface area contributed by atoms with Gasteiger partial charge in [0.15, 0.2) is 6.61 Å². The summed E-state index contributed by atoms with van der Waals surface area (Å²) in [5.74, 6) is -2.29. The predicted molar refractivity (Wildman–Crippen MR) is 72.4 cm³/mol. The fraction of sp³-hybridized carbons (Fsp3) is 0.133. The van der Waals surface area contributed by atoms with E-state index in [1.165, 1.54) is 6.07 Å². The third-order valence-electron chi connectivity index (χ3n) is 2.69. The van der Waals surface area contributed by atoms with Crippen LogP contribution in [0.2, 0.25) is 5.02 Å². The van der Waals surface area contributed by atoms with Crippen molar-refractivity contribution in [3.05, 3.63) is 64.2 Å². The minimum Gasteiger partial charge on any atom is -0.484 e. The Balaban J connectivity index is 2.15. The zero-order valence-electron chi connectivity index (χ0n) is 10.6. The molecule has 20 heavy (non-hydrogen) atoms. The molecule has 0 spiro atoms. The van der Waals surface area contributed by atoms with E-state index in [1.807, 2.05) is 6.92 Å². The summed E-state index contributed by atoms with van der Waals surface area (Å²) in [5.41, 5.74) is 0.296. The Hall–Kier alpha value is -1.94. The van der Waals surface area contributed by atoms with Crippen LogP contribution in [0.5, 0.6) is 5.75 Å². The van der Waals surface area contributed by atoms with Crippen LogP contribution < -0.4 is 4.74 Å².